The molecule has 1 heterocycles. The Morgan fingerprint density at radius 2 is 2.35 bits per heavy atom. The number of aromatic nitrogens is 2. The van der Waals surface area contributed by atoms with Crippen molar-refractivity contribution in [3.05, 3.63) is 12.4 Å². The van der Waals surface area contributed by atoms with Gasteiger partial charge in [0.25, 0.3) is 0 Å². The zero-order valence-corrected chi connectivity index (χ0v) is 10.4. The number of aliphatic hydroxyl groups is 1. The molecule has 1 rings (SSSR count). The molecule has 17 heavy (non-hydrogen) atoms. The fourth-order valence-electron chi connectivity index (χ4n) is 1.32. The van der Waals surface area contributed by atoms with Crippen LogP contribution in [0.2, 0.25) is 0 Å². The first-order valence-electron chi connectivity index (χ1n) is 5.13. The summed E-state index contributed by atoms with van der Waals surface area (Å²) in [6, 6.07) is 0. The van der Waals surface area contributed by atoms with Crippen LogP contribution in [0.3, 0.4) is 0 Å². The molecular weight excluding hydrogens is 242 g/mol. The van der Waals surface area contributed by atoms with E-state index in [-0.39, 0.29) is 24.6 Å². The van der Waals surface area contributed by atoms with Crippen molar-refractivity contribution in [3.8, 4) is 12.3 Å². The minimum atomic E-state index is -3.58. The van der Waals surface area contributed by atoms with Gasteiger partial charge in [-0.25, -0.2) is 8.42 Å². The van der Waals surface area contributed by atoms with Gasteiger partial charge in [0.2, 0.25) is 10.0 Å². The van der Waals surface area contributed by atoms with Crippen molar-refractivity contribution in [1.29, 1.82) is 0 Å². The maximum absolute atomic E-state index is 12.1. The minimum absolute atomic E-state index is 0.0318. The first kappa shape index (κ1) is 13.7. The summed E-state index contributed by atoms with van der Waals surface area (Å²) in [5.41, 5.74) is 0. The van der Waals surface area contributed by atoms with Crippen molar-refractivity contribution in [2.24, 2.45) is 0 Å². The molecule has 94 valence electrons. The first-order chi connectivity index (χ1) is 8.06. The third kappa shape index (κ3) is 3.06. The smallest absolute Gasteiger partial charge is 0.247 e. The van der Waals surface area contributed by atoms with E-state index in [1.54, 1.807) is 6.92 Å². The van der Waals surface area contributed by atoms with E-state index in [9.17, 15) is 8.42 Å². The number of rotatable bonds is 6. The lowest BCUT2D eigenvalue weighted by Crippen LogP contribution is -2.31. The molecule has 0 aliphatic carbocycles. The van der Waals surface area contributed by atoms with Crippen LogP contribution >= 0.6 is 0 Å². The largest absolute Gasteiger partial charge is 0.394 e. The SMILES string of the molecule is C#CCN(CC)S(=O)(=O)c1cnn(CCO)c1. The summed E-state index contributed by atoms with van der Waals surface area (Å²) in [5.74, 6) is 2.31. The Kier molecular flexibility index (Phi) is 4.69. The molecule has 0 bridgehead atoms. The molecule has 1 aromatic rings. The molecule has 1 N–H and O–H groups in total. The van der Waals surface area contributed by atoms with Gasteiger partial charge in [-0.3, -0.25) is 4.68 Å². The van der Waals surface area contributed by atoms with Gasteiger partial charge in [-0.15, -0.1) is 6.42 Å². The van der Waals surface area contributed by atoms with Crippen molar-refractivity contribution in [2.45, 2.75) is 18.4 Å². The summed E-state index contributed by atoms with van der Waals surface area (Å²) in [6.45, 7) is 2.22. The lowest BCUT2D eigenvalue weighted by Gasteiger charge is -2.16. The van der Waals surface area contributed by atoms with Crippen LogP contribution in [0.15, 0.2) is 17.3 Å². The second-order valence-electron chi connectivity index (χ2n) is 3.30. The maximum atomic E-state index is 12.1. The average Bonchev–Trinajstić information content (AvgIpc) is 2.75. The van der Waals surface area contributed by atoms with Crippen LogP contribution in [0.4, 0.5) is 0 Å². The van der Waals surface area contributed by atoms with Gasteiger partial charge in [0, 0.05) is 12.7 Å². The summed E-state index contributed by atoms with van der Waals surface area (Å²) in [4.78, 5) is 0.0862. The van der Waals surface area contributed by atoms with Gasteiger partial charge in [0.05, 0.1) is 25.9 Å². The van der Waals surface area contributed by atoms with Gasteiger partial charge >= 0.3 is 0 Å². The highest BCUT2D eigenvalue weighted by molar-refractivity contribution is 7.89. The minimum Gasteiger partial charge on any atom is -0.394 e. The first-order valence-corrected chi connectivity index (χ1v) is 6.57. The van der Waals surface area contributed by atoms with Crippen molar-refractivity contribution in [1.82, 2.24) is 14.1 Å². The number of nitrogens with zero attached hydrogens (tertiary/aromatic N) is 3. The second kappa shape index (κ2) is 5.82. The number of aliphatic hydroxyl groups excluding tert-OH is 1. The predicted octanol–water partition coefficient (Wildman–Crippen LogP) is -0.481. The molecular formula is C10H15N3O3S. The Hall–Kier alpha value is -1.36. The molecule has 6 nitrogen and oxygen atoms in total. The van der Waals surface area contributed by atoms with E-state index in [4.69, 9.17) is 11.5 Å². The summed E-state index contributed by atoms with van der Waals surface area (Å²) >= 11 is 0. The number of sulfonamides is 1. The summed E-state index contributed by atoms with van der Waals surface area (Å²) in [5, 5.41) is 12.6. The monoisotopic (exact) mass is 257 g/mol. The van der Waals surface area contributed by atoms with E-state index in [2.05, 4.69) is 11.0 Å². The van der Waals surface area contributed by atoms with Crippen LogP contribution in [0.1, 0.15) is 6.92 Å². The van der Waals surface area contributed by atoms with Crippen LogP contribution in [-0.2, 0) is 16.6 Å². The topological polar surface area (TPSA) is 75.4 Å². The van der Waals surface area contributed by atoms with Crippen molar-refractivity contribution >= 4 is 10.0 Å². The molecule has 0 fully saturated rings. The quantitative estimate of drug-likeness (QED) is 0.698. The number of hydrogen-bond acceptors (Lipinski definition) is 4. The standard InChI is InChI=1S/C10H15N3O3S/c1-3-5-13(4-2)17(15,16)10-8-11-12(9-10)6-7-14/h1,8-9,14H,4-7H2,2H3. The molecule has 0 amide bonds. The van der Waals surface area contributed by atoms with E-state index in [0.717, 1.165) is 0 Å². The fraction of sp³-hybridized carbons (Fsp3) is 0.500. The molecule has 0 atom stereocenters. The molecule has 1 aromatic heterocycles. The third-order valence-electron chi connectivity index (χ3n) is 2.20. The van der Waals surface area contributed by atoms with Gasteiger partial charge in [-0.05, 0) is 0 Å². The van der Waals surface area contributed by atoms with E-state index < -0.39 is 10.0 Å². The molecule has 7 heteroatoms. The number of hydrogen-bond donors (Lipinski definition) is 1. The Labute approximate surface area is 101 Å². The van der Waals surface area contributed by atoms with Gasteiger partial charge in [-0.1, -0.05) is 12.8 Å². The van der Waals surface area contributed by atoms with Crippen molar-refractivity contribution in [3.63, 3.8) is 0 Å². The molecule has 0 radical (unpaired) electrons. The highest BCUT2D eigenvalue weighted by Crippen LogP contribution is 2.13. The van der Waals surface area contributed by atoms with Crippen LogP contribution in [0, 0.1) is 12.3 Å². The highest BCUT2D eigenvalue weighted by atomic mass is 32.2. The predicted molar refractivity (Wildman–Crippen MR) is 62.6 cm³/mol. The van der Waals surface area contributed by atoms with Crippen molar-refractivity contribution < 1.29 is 13.5 Å². The van der Waals surface area contributed by atoms with Crippen LogP contribution in [0.5, 0.6) is 0 Å². The second-order valence-corrected chi connectivity index (χ2v) is 5.24. The molecule has 0 aliphatic rings. The Balaban J connectivity index is 2.99. The van der Waals surface area contributed by atoms with Crippen LogP contribution in [-0.4, -0.2) is 47.3 Å². The van der Waals surface area contributed by atoms with E-state index in [1.165, 1.54) is 21.4 Å². The molecule has 0 unspecified atom stereocenters. The van der Waals surface area contributed by atoms with Gasteiger partial charge < -0.3 is 5.11 Å². The van der Waals surface area contributed by atoms with Crippen LogP contribution < -0.4 is 0 Å². The average molecular weight is 257 g/mol. The van der Waals surface area contributed by atoms with Gasteiger partial charge in [0.1, 0.15) is 4.90 Å². The fourth-order valence-corrected chi connectivity index (χ4v) is 2.64. The normalized spacial score (nSPS) is 11.6. The molecule has 0 spiro atoms. The van der Waals surface area contributed by atoms with Gasteiger partial charge in [-0.2, -0.15) is 9.40 Å². The lowest BCUT2D eigenvalue weighted by atomic mass is 10.6. The van der Waals surface area contributed by atoms with Crippen molar-refractivity contribution in [2.75, 3.05) is 19.7 Å². The van der Waals surface area contributed by atoms with Crippen LogP contribution in [0.25, 0.3) is 0 Å². The zero-order valence-electron chi connectivity index (χ0n) is 9.57. The van der Waals surface area contributed by atoms with E-state index in [1.807, 2.05) is 0 Å². The maximum Gasteiger partial charge on any atom is 0.247 e. The Morgan fingerprint density at radius 1 is 1.65 bits per heavy atom. The highest BCUT2D eigenvalue weighted by Gasteiger charge is 2.23. The summed E-state index contributed by atoms with van der Waals surface area (Å²) in [7, 11) is -3.58. The molecule has 0 saturated carbocycles. The van der Waals surface area contributed by atoms with E-state index >= 15 is 0 Å². The lowest BCUT2D eigenvalue weighted by molar-refractivity contribution is 0.269. The summed E-state index contributed by atoms with van der Waals surface area (Å²) < 4.78 is 26.7. The zero-order chi connectivity index (χ0) is 12.9. The summed E-state index contributed by atoms with van der Waals surface area (Å²) in [6.07, 6.45) is 7.76. The third-order valence-corrected chi connectivity index (χ3v) is 4.07. The molecule has 0 aromatic carbocycles. The Bertz CT molecular complexity index is 501. The van der Waals surface area contributed by atoms with Gasteiger partial charge in [0.15, 0.2) is 0 Å². The Morgan fingerprint density at radius 3 is 2.88 bits per heavy atom. The molecule has 0 aliphatic heterocycles. The van der Waals surface area contributed by atoms with E-state index in [0.29, 0.717) is 6.54 Å². The molecule has 0 saturated heterocycles. The number of terminal acetylenes is 1.